The van der Waals surface area contributed by atoms with E-state index in [0.717, 1.165) is 0 Å². The number of anilines is 1. The van der Waals surface area contributed by atoms with Gasteiger partial charge in [-0.2, -0.15) is 0 Å². The van der Waals surface area contributed by atoms with Gasteiger partial charge in [-0.3, -0.25) is 14.9 Å². The van der Waals surface area contributed by atoms with Gasteiger partial charge in [-0.25, -0.2) is 9.37 Å². The van der Waals surface area contributed by atoms with Gasteiger partial charge < -0.3 is 14.8 Å². The van der Waals surface area contributed by atoms with Crippen LogP contribution in [0.1, 0.15) is 21.6 Å². The molecule has 0 unspecified atom stereocenters. The van der Waals surface area contributed by atoms with Crippen LogP contribution in [0.5, 0.6) is 11.5 Å². The number of halogens is 1. The van der Waals surface area contributed by atoms with E-state index in [2.05, 4.69) is 15.6 Å². The number of nitrogens with zero attached hydrogens (tertiary/aromatic N) is 1. The second-order valence-corrected chi connectivity index (χ2v) is 7.07. The summed E-state index contributed by atoms with van der Waals surface area (Å²) in [5, 5.41) is 7.43. The van der Waals surface area contributed by atoms with Crippen molar-refractivity contribution in [2.24, 2.45) is 0 Å². The van der Waals surface area contributed by atoms with Crippen LogP contribution in [0.3, 0.4) is 0 Å². The lowest BCUT2D eigenvalue weighted by Gasteiger charge is -2.05. The number of fused-ring (bicyclic) bond motifs is 1. The second-order valence-electron chi connectivity index (χ2n) is 6.21. The minimum Gasteiger partial charge on any atom is -0.454 e. The molecule has 0 spiro atoms. The minimum absolute atomic E-state index is 0.0326. The van der Waals surface area contributed by atoms with Crippen LogP contribution >= 0.6 is 11.3 Å². The summed E-state index contributed by atoms with van der Waals surface area (Å²) in [4.78, 5) is 28.7. The molecule has 1 aliphatic heterocycles. The number of thiazole rings is 1. The molecule has 2 aromatic carbocycles. The van der Waals surface area contributed by atoms with Crippen LogP contribution in [0.2, 0.25) is 0 Å². The van der Waals surface area contributed by atoms with E-state index in [1.165, 1.54) is 17.4 Å². The van der Waals surface area contributed by atoms with Crippen molar-refractivity contribution in [2.45, 2.75) is 13.0 Å². The highest BCUT2D eigenvalue weighted by Gasteiger charge is 2.17. The third-order valence-corrected chi connectivity index (χ3v) is 4.99. The summed E-state index contributed by atoms with van der Waals surface area (Å²) in [5.74, 6) is 0.124. The highest BCUT2D eigenvalue weighted by Crippen LogP contribution is 2.32. The van der Waals surface area contributed by atoms with Crippen molar-refractivity contribution in [3.8, 4) is 11.5 Å². The molecule has 0 bridgehead atoms. The van der Waals surface area contributed by atoms with Crippen LogP contribution in [0.4, 0.5) is 9.52 Å². The molecule has 7 nitrogen and oxygen atoms in total. The maximum absolute atomic E-state index is 13.6. The standard InChI is InChI=1S/C20H16FN3O4S/c21-15-4-2-1-3-13(15)9-22-18(25)8-14-10-29-20(23-14)24-19(26)12-5-6-16-17(7-12)28-11-27-16/h1-7,10H,8-9,11H2,(H,22,25)(H,23,24,26). The smallest absolute Gasteiger partial charge is 0.257 e. The van der Waals surface area contributed by atoms with E-state index in [-0.39, 0.29) is 37.4 Å². The Morgan fingerprint density at radius 1 is 1.14 bits per heavy atom. The van der Waals surface area contributed by atoms with E-state index in [4.69, 9.17) is 9.47 Å². The van der Waals surface area contributed by atoms with Crippen LogP contribution < -0.4 is 20.1 Å². The van der Waals surface area contributed by atoms with E-state index < -0.39 is 0 Å². The number of hydrogen-bond acceptors (Lipinski definition) is 6. The SMILES string of the molecule is O=C(Cc1csc(NC(=O)c2ccc3c(c2)OCO3)n1)NCc1ccccc1F. The van der Waals surface area contributed by atoms with Crippen molar-refractivity contribution in [3.63, 3.8) is 0 Å². The second kappa shape index (κ2) is 8.27. The monoisotopic (exact) mass is 413 g/mol. The van der Waals surface area contributed by atoms with Crippen LogP contribution in [0.25, 0.3) is 0 Å². The van der Waals surface area contributed by atoms with Crippen molar-refractivity contribution in [1.82, 2.24) is 10.3 Å². The van der Waals surface area contributed by atoms with Crippen LogP contribution in [-0.4, -0.2) is 23.6 Å². The van der Waals surface area contributed by atoms with Crippen molar-refractivity contribution in [3.05, 3.63) is 70.5 Å². The molecule has 0 radical (unpaired) electrons. The first-order valence-electron chi connectivity index (χ1n) is 8.74. The van der Waals surface area contributed by atoms with Gasteiger partial charge in [-0.15, -0.1) is 11.3 Å². The highest BCUT2D eigenvalue weighted by molar-refractivity contribution is 7.14. The summed E-state index contributed by atoms with van der Waals surface area (Å²) >= 11 is 1.22. The molecule has 2 N–H and O–H groups in total. The normalized spacial score (nSPS) is 11.9. The number of aromatic nitrogens is 1. The zero-order chi connectivity index (χ0) is 20.2. The molecule has 0 saturated carbocycles. The van der Waals surface area contributed by atoms with E-state index in [9.17, 15) is 14.0 Å². The third-order valence-electron chi connectivity index (χ3n) is 4.18. The molecule has 0 atom stereocenters. The van der Waals surface area contributed by atoms with E-state index >= 15 is 0 Å². The summed E-state index contributed by atoms with van der Waals surface area (Å²) in [6, 6.07) is 11.2. The largest absolute Gasteiger partial charge is 0.454 e. The molecule has 0 aliphatic carbocycles. The molecular weight excluding hydrogens is 397 g/mol. The number of rotatable bonds is 6. The molecule has 3 aromatic rings. The number of ether oxygens (including phenoxy) is 2. The van der Waals surface area contributed by atoms with E-state index in [1.54, 1.807) is 41.8 Å². The van der Waals surface area contributed by atoms with Gasteiger partial charge in [0, 0.05) is 23.1 Å². The molecule has 0 saturated heterocycles. The molecule has 1 aliphatic rings. The molecule has 29 heavy (non-hydrogen) atoms. The Hall–Kier alpha value is -3.46. The van der Waals surface area contributed by atoms with Gasteiger partial charge in [-0.1, -0.05) is 18.2 Å². The Balaban J connectivity index is 1.31. The number of benzene rings is 2. The fourth-order valence-electron chi connectivity index (χ4n) is 2.72. The molecule has 148 valence electrons. The third kappa shape index (κ3) is 4.52. The molecule has 0 fully saturated rings. The van der Waals surface area contributed by atoms with Crippen LogP contribution in [-0.2, 0) is 17.8 Å². The first-order chi connectivity index (χ1) is 14.1. The average molecular weight is 413 g/mol. The molecular formula is C20H16FN3O4S. The van der Waals surface area contributed by atoms with Gasteiger partial charge >= 0.3 is 0 Å². The Labute approximate surface area is 169 Å². The quantitative estimate of drug-likeness (QED) is 0.648. The zero-order valence-corrected chi connectivity index (χ0v) is 15.9. The van der Waals surface area contributed by atoms with Gasteiger partial charge in [-0.05, 0) is 24.3 Å². The number of nitrogens with one attached hydrogen (secondary N) is 2. The topological polar surface area (TPSA) is 89.6 Å². The zero-order valence-electron chi connectivity index (χ0n) is 15.1. The number of carbonyl (C=O) groups is 2. The Bertz CT molecular complexity index is 1070. The van der Waals surface area contributed by atoms with Crippen LogP contribution in [0, 0.1) is 5.82 Å². The van der Waals surface area contributed by atoms with Crippen molar-refractivity contribution < 1.29 is 23.5 Å². The van der Waals surface area contributed by atoms with E-state index in [1.807, 2.05) is 0 Å². The van der Waals surface area contributed by atoms with Gasteiger partial charge in [0.05, 0.1) is 12.1 Å². The van der Waals surface area contributed by atoms with Crippen molar-refractivity contribution in [2.75, 3.05) is 12.1 Å². The lowest BCUT2D eigenvalue weighted by Crippen LogP contribution is -2.25. The maximum Gasteiger partial charge on any atom is 0.257 e. The van der Waals surface area contributed by atoms with Gasteiger partial charge in [0.2, 0.25) is 12.7 Å². The number of carbonyl (C=O) groups excluding carboxylic acids is 2. The molecule has 9 heteroatoms. The summed E-state index contributed by atoms with van der Waals surface area (Å²) < 4.78 is 24.1. The first kappa shape index (κ1) is 18.9. The Morgan fingerprint density at radius 3 is 2.83 bits per heavy atom. The fourth-order valence-corrected chi connectivity index (χ4v) is 3.42. The molecule has 1 aromatic heterocycles. The summed E-state index contributed by atoms with van der Waals surface area (Å²) in [5.41, 5.74) is 1.34. The summed E-state index contributed by atoms with van der Waals surface area (Å²) in [7, 11) is 0. The summed E-state index contributed by atoms with van der Waals surface area (Å²) in [6.45, 7) is 0.235. The number of hydrogen-bond donors (Lipinski definition) is 2. The van der Waals surface area contributed by atoms with Crippen LogP contribution in [0.15, 0.2) is 47.8 Å². The van der Waals surface area contributed by atoms with Gasteiger partial charge in [0.1, 0.15) is 5.82 Å². The Kier molecular flexibility index (Phi) is 5.39. The van der Waals surface area contributed by atoms with Gasteiger partial charge in [0.15, 0.2) is 16.6 Å². The predicted octanol–water partition coefficient (Wildman–Crippen LogP) is 3.12. The highest BCUT2D eigenvalue weighted by atomic mass is 32.1. The average Bonchev–Trinajstić information content (AvgIpc) is 3.36. The summed E-state index contributed by atoms with van der Waals surface area (Å²) in [6.07, 6.45) is 0.0326. The molecule has 2 amide bonds. The molecule has 4 rings (SSSR count). The number of amides is 2. The molecule has 2 heterocycles. The predicted molar refractivity (Wildman–Crippen MR) is 105 cm³/mol. The van der Waals surface area contributed by atoms with Gasteiger partial charge in [0.25, 0.3) is 5.91 Å². The van der Waals surface area contributed by atoms with E-state index in [0.29, 0.717) is 33.5 Å². The lowest BCUT2D eigenvalue weighted by molar-refractivity contribution is -0.120. The first-order valence-corrected chi connectivity index (χ1v) is 9.62. The van der Waals surface area contributed by atoms with Crippen molar-refractivity contribution >= 4 is 28.3 Å². The lowest BCUT2D eigenvalue weighted by atomic mass is 10.2. The minimum atomic E-state index is -0.366. The fraction of sp³-hybridized carbons (Fsp3) is 0.150. The maximum atomic E-state index is 13.6. The Morgan fingerprint density at radius 2 is 1.97 bits per heavy atom. The van der Waals surface area contributed by atoms with Crippen molar-refractivity contribution in [1.29, 1.82) is 0 Å².